The Morgan fingerprint density at radius 3 is 2.62 bits per heavy atom. The SMILES string of the molecule is NC(=O)N1C[C@@H]2C[C@H]1CN2CCOc1ccc(Oc2nc3ccccc3s2)cc1. The Labute approximate surface area is 172 Å². The molecular formula is C21H22N4O3S. The number of rotatable bonds is 6. The highest BCUT2D eigenvalue weighted by Gasteiger charge is 2.44. The number of carbonyl (C=O) groups is 1. The topological polar surface area (TPSA) is 80.9 Å². The number of piperazine rings is 1. The van der Waals surface area contributed by atoms with Crippen LogP contribution < -0.4 is 15.2 Å². The van der Waals surface area contributed by atoms with Gasteiger partial charge in [-0.1, -0.05) is 23.5 Å². The summed E-state index contributed by atoms with van der Waals surface area (Å²) in [6.07, 6.45) is 1.01. The highest BCUT2D eigenvalue weighted by atomic mass is 32.1. The largest absolute Gasteiger partial charge is 0.492 e. The van der Waals surface area contributed by atoms with Crippen molar-refractivity contribution in [1.29, 1.82) is 0 Å². The van der Waals surface area contributed by atoms with E-state index in [1.165, 1.54) is 11.3 Å². The van der Waals surface area contributed by atoms with E-state index in [2.05, 4.69) is 9.88 Å². The van der Waals surface area contributed by atoms with Crippen LogP contribution in [0, 0.1) is 0 Å². The van der Waals surface area contributed by atoms with Gasteiger partial charge in [0.25, 0.3) is 5.19 Å². The molecule has 5 rings (SSSR count). The molecule has 2 N–H and O–H groups in total. The van der Waals surface area contributed by atoms with E-state index in [-0.39, 0.29) is 12.1 Å². The second kappa shape index (κ2) is 7.53. The molecule has 2 aliphatic rings. The molecule has 0 radical (unpaired) electrons. The maximum absolute atomic E-state index is 11.4. The van der Waals surface area contributed by atoms with Gasteiger partial charge in [0.05, 0.1) is 10.2 Å². The molecule has 0 aliphatic carbocycles. The second-order valence-electron chi connectivity index (χ2n) is 7.40. The number of likely N-dealkylation sites (tertiary alicyclic amines) is 2. The number of hydrogen-bond acceptors (Lipinski definition) is 6. The summed E-state index contributed by atoms with van der Waals surface area (Å²) in [5, 5.41) is 0.633. The van der Waals surface area contributed by atoms with E-state index in [0.29, 0.717) is 17.8 Å². The maximum atomic E-state index is 11.4. The summed E-state index contributed by atoms with van der Waals surface area (Å²) in [5.74, 6) is 1.55. The Morgan fingerprint density at radius 2 is 1.90 bits per heavy atom. The highest BCUT2D eigenvalue weighted by molar-refractivity contribution is 7.20. The lowest BCUT2D eigenvalue weighted by atomic mass is 10.2. The third-order valence-corrected chi connectivity index (χ3v) is 6.50. The number of primary amides is 1. The van der Waals surface area contributed by atoms with Crippen LogP contribution in [0.4, 0.5) is 4.79 Å². The number of thiazole rings is 1. The lowest BCUT2D eigenvalue weighted by Crippen LogP contribution is -2.51. The Bertz CT molecular complexity index is 989. The van der Waals surface area contributed by atoms with Gasteiger partial charge in [0.1, 0.15) is 18.1 Å². The summed E-state index contributed by atoms with van der Waals surface area (Å²) < 4.78 is 12.9. The molecule has 0 saturated carbocycles. The van der Waals surface area contributed by atoms with Crippen LogP contribution in [-0.4, -0.2) is 59.1 Å². The van der Waals surface area contributed by atoms with Crippen LogP contribution in [0.15, 0.2) is 48.5 Å². The van der Waals surface area contributed by atoms with E-state index >= 15 is 0 Å². The second-order valence-corrected chi connectivity index (χ2v) is 8.39. The van der Waals surface area contributed by atoms with Gasteiger partial charge in [-0.25, -0.2) is 9.78 Å². The van der Waals surface area contributed by atoms with Crippen LogP contribution in [-0.2, 0) is 0 Å². The molecule has 7 nitrogen and oxygen atoms in total. The zero-order valence-electron chi connectivity index (χ0n) is 15.9. The van der Waals surface area contributed by atoms with Crippen LogP contribution in [0.25, 0.3) is 10.2 Å². The van der Waals surface area contributed by atoms with Crippen molar-refractivity contribution in [3.8, 4) is 16.7 Å². The van der Waals surface area contributed by atoms with Gasteiger partial charge in [0, 0.05) is 31.7 Å². The average Bonchev–Trinajstić information content (AvgIpc) is 3.42. The van der Waals surface area contributed by atoms with Gasteiger partial charge in [-0.2, -0.15) is 0 Å². The number of ether oxygens (including phenoxy) is 2. The van der Waals surface area contributed by atoms with Crippen LogP contribution in [0.2, 0.25) is 0 Å². The molecule has 29 heavy (non-hydrogen) atoms. The molecule has 150 valence electrons. The van der Waals surface area contributed by atoms with Gasteiger partial charge in [0.15, 0.2) is 0 Å². The van der Waals surface area contributed by atoms with E-state index in [4.69, 9.17) is 15.2 Å². The Hall–Kier alpha value is -2.84. The van der Waals surface area contributed by atoms with E-state index in [0.717, 1.165) is 47.8 Å². The van der Waals surface area contributed by atoms with Crippen molar-refractivity contribution < 1.29 is 14.3 Å². The summed E-state index contributed by atoms with van der Waals surface area (Å²) in [6, 6.07) is 16.0. The van der Waals surface area contributed by atoms with E-state index < -0.39 is 0 Å². The molecule has 0 unspecified atom stereocenters. The minimum Gasteiger partial charge on any atom is -0.492 e. The minimum absolute atomic E-state index is 0.261. The Morgan fingerprint density at radius 1 is 1.10 bits per heavy atom. The smallest absolute Gasteiger partial charge is 0.315 e. The van der Waals surface area contributed by atoms with Crippen molar-refractivity contribution in [3.05, 3.63) is 48.5 Å². The van der Waals surface area contributed by atoms with Crippen molar-refractivity contribution in [2.45, 2.75) is 18.5 Å². The van der Waals surface area contributed by atoms with Crippen LogP contribution in [0.5, 0.6) is 16.7 Å². The number of urea groups is 1. The van der Waals surface area contributed by atoms with Crippen LogP contribution >= 0.6 is 11.3 Å². The molecule has 2 aliphatic heterocycles. The molecule has 2 saturated heterocycles. The molecule has 0 spiro atoms. The van der Waals surface area contributed by atoms with Crippen molar-refractivity contribution in [2.24, 2.45) is 5.73 Å². The first-order valence-corrected chi connectivity index (χ1v) is 10.5. The fourth-order valence-electron chi connectivity index (χ4n) is 4.17. The number of para-hydroxylation sites is 1. The summed E-state index contributed by atoms with van der Waals surface area (Å²) in [7, 11) is 0. The molecule has 3 aromatic rings. The number of hydrogen-bond donors (Lipinski definition) is 1. The normalized spacial score (nSPS) is 21.0. The van der Waals surface area contributed by atoms with Gasteiger partial charge >= 0.3 is 6.03 Å². The quantitative estimate of drug-likeness (QED) is 0.674. The first-order valence-electron chi connectivity index (χ1n) is 9.72. The lowest BCUT2D eigenvalue weighted by Gasteiger charge is -2.33. The monoisotopic (exact) mass is 410 g/mol. The summed E-state index contributed by atoms with van der Waals surface area (Å²) in [6.45, 7) is 3.07. The van der Waals surface area contributed by atoms with E-state index in [9.17, 15) is 4.79 Å². The fraction of sp³-hybridized carbons (Fsp3) is 0.333. The molecule has 2 aromatic carbocycles. The number of benzene rings is 2. The zero-order valence-corrected chi connectivity index (χ0v) is 16.7. The Kier molecular flexibility index (Phi) is 4.73. The molecule has 8 heteroatoms. The molecule has 2 amide bonds. The first kappa shape index (κ1) is 18.2. The van der Waals surface area contributed by atoms with Crippen LogP contribution in [0.1, 0.15) is 6.42 Å². The van der Waals surface area contributed by atoms with Crippen molar-refractivity contribution in [1.82, 2.24) is 14.8 Å². The number of carbonyl (C=O) groups excluding carboxylic acids is 1. The number of nitrogens with zero attached hydrogens (tertiary/aromatic N) is 3. The standard InChI is InChI=1S/C21H22N4O3S/c22-20(26)25-13-14-11-15(25)12-24(14)9-10-27-16-5-7-17(8-6-16)28-21-23-18-3-1-2-4-19(18)29-21/h1-8,14-15H,9-13H2,(H2,22,26)/t14-,15-/m0/s1. The highest BCUT2D eigenvalue weighted by Crippen LogP contribution is 2.32. The number of aromatic nitrogens is 1. The first-order chi connectivity index (χ1) is 14.2. The van der Waals surface area contributed by atoms with Gasteiger partial charge in [-0.3, -0.25) is 4.90 Å². The number of amides is 2. The maximum Gasteiger partial charge on any atom is 0.315 e. The molecule has 2 fully saturated rings. The van der Waals surface area contributed by atoms with Crippen molar-refractivity contribution in [2.75, 3.05) is 26.2 Å². The predicted molar refractivity (Wildman–Crippen MR) is 112 cm³/mol. The molecule has 1 aromatic heterocycles. The van der Waals surface area contributed by atoms with E-state index in [1.807, 2.05) is 48.5 Å². The van der Waals surface area contributed by atoms with Crippen molar-refractivity contribution in [3.63, 3.8) is 0 Å². The molecule has 3 heterocycles. The molecule has 2 atom stereocenters. The van der Waals surface area contributed by atoms with Crippen LogP contribution in [0.3, 0.4) is 0 Å². The molecular weight excluding hydrogens is 388 g/mol. The molecule has 2 bridgehead atoms. The number of fused-ring (bicyclic) bond motifs is 3. The third kappa shape index (κ3) is 3.73. The van der Waals surface area contributed by atoms with Gasteiger partial charge in [-0.05, 0) is 42.8 Å². The average molecular weight is 410 g/mol. The van der Waals surface area contributed by atoms with Gasteiger partial charge in [0.2, 0.25) is 0 Å². The lowest BCUT2D eigenvalue weighted by molar-refractivity contribution is 0.127. The Balaban J connectivity index is 1.11. The summed E-state index contributed by atoms with van der Waals surface area (Å²) in [5.41, 5.74) is 6.36. The zero-order chi connectivity index (χ0) is 19.8. The van der Waals surface area contributed by atoms with E-state index in [1.54, 1.807) is 4.90 Å². The minimum atomic E-state index is -0.304. The van der Waals surface area contributed by atoms with Gasteiger partial charge < -0.3 is 20.1 Å². The number of nitrogens with two attached hydrogens (primary N) is 1. The van der Waals surface area contributed by atoms with Crippen molar-refractivity contribution >= 4 is 27.6 Å². The third-order valence-electron chi connectivity index (χ3n) is 5.59. The van der Waals surface area contributed by atoms with Gasteiger partial charge in [-0.15, -0.1) is 0 Å². The fourth-order valence-corrected chi connectivity index (χ4v) is 5.01. The predicted octanol–water partition coefficient (Wildman–Crippen LogP) is 3.30. The summed E-state index contributed by atoms with van der Waals surface area (Å²) >= 11 is 1.53. The summed E-state index contributed by atoms with van der Waals surface area (Å²) in [4.78, 5) is 20.0.